The van der Waals surface area contributed by atoms with Gasteiger partial charge in [0.2, 0.25) is 5.78 Å². The standard InChI is InChI=1S/C22H24N2O8.C2H4O2.H2O/c1-7-8-5-4-6-9(25)11(8)16(26)12-10(7)17(27)14-15(24(2)3)18(28)13(21(23)31)20(30)22(14,32)19(12)29;1-2(3)4;/h4-7,10,14-15,17,25,27-29,32H,1-3H3,(H2,23,31);1H3,(H,3,4);1H2/t7-,10+,14+,15-,17-,22-;;/m0../s1. The fraction of sp³-hybridized carbons (Fsp3) is 0.417. The largest absolute Gasteiger partial charge is 0.510 e. The lowest BCUT2D eigenvalue weighted by Gasteiger charge is -2.53. The number of aliphatic hydroxyl groups excluding tert-OH is 3. The maximum Gasteiger partial charge on any atom is 0.300 e. The Hall–Kier alpha value is -3.78. The van der Waals surface area contributed by atoms with E-state index in [1.807, 2.05) is 0 Å². The van der Waals surface area contributed by atoms with Crippen molar-refractivity contribution in [1.82, 2.24) is 4.90 Å². The normalized spacial score (nSPS) is 30.4. The molecular weight excluding hydrogens is 492 g/mol. The molecule has 0 unspecified atom stereocenters. The van der Waals surface area contributed by atoms with Crippen LogP contribution in [0.25, 0.3) is 0 Å². The minimum Gasteiger partial charge on any atom is -0.510 e. The number of Topliss-reactive ketones (excluding diaryl/α,β-unsaturated/α-hetero) is 2. The van der Waals surface area contributed by atoms with Crippen molar-refractivity contribution >= 4 is 23.4 Å². The predicted octanol–water partition coefficient (Wildman–Crippen LogP) is -1.08. The Kier molecular flexibility index (Phi) is 7.91. The summed E-state index contributed by atoms with van der Waals surface area (Å²) in [5.41, 5.74) is 1.36. The van der Waals surface area contributed by atoms with Gasteiger partial charge in [-0.05, 0) is 31.6 Å². The van der Waals surface area contributed by atoms with Gasteiger partial charge in [0.1, 0.15) is 22.8 Å². The van der Waals surface area contributed by atoms with E-state index in [4.69, 9.17) is 15.6 Å². The Morgan fingerprint density at radius 2 is 1.65 bits per heavy atom. The van der Waals surface area contributed by atoms with Gasteiger partial charge < -0.3 is 41.8 Å². The van der Waals surface area contributed by atoms with Gasteiger partial charge in [0.15, 0.2) is 11.4 Å². The third kappa shape index (κ3) is 4.15. The van der Waals surface area contributed by atoms with Gasteiger partial charge in [0.25, 0.3) is 11.9 Å². The summed E-state index contributed by atoms with van der Waals surface area (Å²) in [6.45, 7) is 2.76. The molecule has 13 heteroatoms. The third-order valence-electron chi connectivity index (χ3n) is 7.00. The van der Waals surface area contributed by atoms with E-state index in [0.29, 0.717) is 5.56 Å². The second-order valence-electron chi connectivity index (χ2n) is 9.31. The number of aliphatic hydroxyl groups is 4. The highest BCUT2D eigenvalue weighted by atomic mass is 16.4. The summed E-state index contributed by atoms with van der Waals surface area (Å²) in [6, 6.07) is 3.17. The number of hydrogen-bond donors (Lipinski definition) is 7. The van der Waals surface area contributed by atoms with Crippen LogP contribution in [0, 0.1) is 11.8 Å². The fourth-order valence-corrected chi connectivity index (χ4v) is 5.58. The number of rotatable bonds is 2. The monoisotopic (exact) mass is 522 g/mol. The number of carboxylic acid groups (broad SMARTS) is 1. The van der Waals surface area contributed by atoms with Crippen molar-refractivity contribution in [1.29, 1.82) is 0 Å². The highest BCUT2D eigenvalue weighted by molar-refractivity contribution is 6.25. The molecule has 0 aliphatic heterocycles. The maximum atomic E-state index is 13.3. The van der Waals surface area contributed by atoms with Crippen molar-refractivity contribution in [3.05, 3.63) is 52.0 Å². The number of nitrogens with zero attached hydrogens (tertiary/aromatic N) is 1. The van der Waals surface area contributed by atoms with E-state index in [9.17, 15) is 39.9 Å². The number of aromatic hydroxyl groups is 1. The Labute approximate surface area is 211 Å². The molecule has 6 atom stereocenters. The lowest BCUT2D eigenvalue weighted by molar-refractivity contribution is -0.162. The smallest absolute Gasteiger partial charge is 0.300 e. The summed E-state index contributed by atoms with van der Waals surface area (Å²) < 4.78 is 0. The van der Waals surface area contributed by atoms with E-state index in [2.05, 4.69) is 0 Å². The van der Waals surface area contributed by atoms with Crippen LogP contribution >= 0.6 is 0 Å². The van der Waals surface area contributed by atoms with Crippen molar-refractivity contribution in [2.24, 2.45) is 17.6 Å². The first-order valence-corrected chi connectivity index (χ1v) is 10.9. The van der Waals surface area contributed by atoms with E-state index in [0.717, 1.165) is 6.92 Å². The van der Waals surface area contributed by atoms with Crippen LogP contribution in [0.2, 0.25) is 0 Å². The van der Waals surface area contributed by atoms with Gasteiger partial charge >= 0.3 is 0 Å². The molecule has 0 saturated carbocycles. The maximum absolute atomic E-state index is 13.3. The van der Waals surface area contributed by atoms with E-state index in [1.54, 1.807) is 19.1 Å². The number of phenolic OH excluding ortho intramolecular Hbond substituents is 1. The van der Waals surface area contributed by atoms with Crippen LogP contribution in [0.5, 0.6) is 5.75 Å². The molecule has 10 N–H and O–H groups in total. The minimum absolute atomic E-state index is 0. The van der Waals surface area contributed by atoms with Crippen LogP contribution in [0.1, 0.15) is 35.7 Å². The van der Waals surface area contributed by atoms with Crippen LogP contribution < -0.4 is 5.73 Å². The number of primary amides is 1. The number of nitrogens with two attached hydrogens (primary N) is 1. The molecule has 202 valence electrons. The number of amides is 1. The zero-order chi connectivity index (χ0) is 27.4. The second-order valence-corrected chi connectivity index (χ2v) is 9.31. The molecule has 37 heavy (non-hydrogen) atoms. The molecule has 1 amide bonds. The average molecular weight is 523 g/mol. The van der Waals surface area contributed by atoms with Gasteiger partial charge in [-0.3, -0.25) is 24.1 Å². The Morgan fingerprint density at radius 3 is 2.14 bits per heavy atom. The first-order valence-electron chi connectivity index (χ1n) is 10.9. The van der Waals surface area contributed by atoms with E-state index in [-0.39, 0.29) is 16.8 Å². The molecule has 0 aromatic heterocycles. The fourth-order valence-electron chi connectivity index (χ4n) is 5.58. The van der Waals surface area contributed by atoms with E-state index >= 15 is 0 Å². The molecule has 0 heterocycles. The first kappa shape index (κ1) is 29.5. The number of benzene rings is 1. The first-order chi connectivity index (χ1) is 16.6. The molecule has 3 aliphatic carbocycles. The van der Waals surface area contributed by atoms with Gasteiger partial charge in [-0.1, -0.05) is 19.1 Å². The van der Waals surface area contributed by atoms with Crippen LogP contribution in [0.15, 0.2) is 40.9 Å². The van der Waals surface area contributed by atoms with Crippen molar-refractivity contribution in [3.63, 3.8) is 0 Å². The van der Waals surface area contributed by atoms with Gasteiger partial charge in [0.05, 0.1) is 23.6 Å². The van der Waals surface area contributed by atoms with Crippen LogP contribution in [-0.2, 0) is 14.4 Å². The number of carbonyl (C=O) groups excluding carboxylic acids is 3. The molecule has 13 nitrogen and oxygen atoms in total. The summed E-state index contributed by atoms with van der Waals surface area (Å²) in [5, 5.41) is 62.5. The van der Waals surface area contributed by atoms with E-state index < -0.39 is 81.6 Å². The summed E-state index contributed by atoms with van der Waals surface area (Å²) in [4.78, 5) is 48.8. The van der Waals surface area contributed by atoms with Crippen LogP contribution in [-0.4, -0.2) is 96.3 Å². The van der Waals surface area contributed by atoms with Crippen molar-refractivity contribution < 1.29 is 55.3 Å². The molecule has 3 aliphatic rings. The lowest BCUT2D eigenvalue weighted by atomic mass is 9.55. The highest BCUT2D eigenvalue weighted by Crippen LogP contribution is 2.55. The van der Waals surface area contributed by atoms with Crippen LogP contribution in [0.3, 0.4) is 0 Å². The Morgan fingerprint density at radius 1 is 1.11 bits per heavy atom. The second kappa shape index (κ2) is 9.94. The molecule has 1 aromatic carbocycles. The van der Waals surface area contributed by atoms with Gasteiger partial charge in [-0.15, -0.1) is 0 Å². The number of likely N-dealkylation sites (N-methyl/N-ethyl adjacent to an activating group) is 1. The third-order valence-corrected chi connectivity index (χ3v) is 7.00. The topological polar surface area (TPSA) is 250 Å². The molecule has 0 saturated heterocycles. The Bertz CT molecular complexity index is 1230. The van der Waals surface area contributed by atoms with Crippen molar-refractivity contribution in [2.45, 2.75) is 37.5 Å². The van der Waals surface area contributed by atoms with Crippen molar-refractivity contribution in [2.75, 3.05) is 14.1 Å². The summed E-state index contributed by atoms with van der Waals surface area (Å²) in [6.07, 6.45) is -1.59. The minimum atomic E-state index is -2.89. The zero-order valence-electron chi connectivity index (χ0n) is 20.5. The van der Waals surface area contributed by atoms with Gasteiger partial charge in [-0.25, -0.2) is 0 Å². The number of hydrogen-bond acceptors (Lipinski definition) is 10. The Balaban J connectivity index is 0.000000898. The molecule has 4 rings (SSSR count). The average Bonchev–Trinajstić information content (AvgIpc) is 2.75. The van der Waals surface area contributed by atoms with Gasteiger partial charge in [0, 0.05) is 18.4 Å². The number of phenols is 1. The number of carboxylic acids is 1. The SMILES string of the molecule is CC(=O)O.C[C@H]1c2cccc(O)c2C(=O)C2=C(O)[C@]3(O)C(=O)C(C(N)=O)=C(O)[C@@H](N(C)C)[C@@H]3[C@@H](O)[C@@H]21.O. The predicted molar refractivity (Wildman–Crippen MR) is 127 cm³/mol. The molecule has 0 bridgehead atoms. The van der Waals surface area contributed by atoms with Crippen LogP contribution in [0.4, 0.5) is 0 Å². The number of aliphatic carboxylic acids is 1. The number of ketones is 2. The zero-order valence-corrected chi connectivity index (χ0v) is 20.5. The lowest BCUT2D eigenvalue weighted by Crippen LogP contribution is -2.68. The summed E-state index contributed by atoms with van der Waals surface area (Å²) >= 11 is 0. The number of fused-ring (bicyclic) bond motifs is 3. The quantitative estimate of drug-likeness (QED) is 0.230. The molecule has 0 fully saturated rings. The summed E-state index contributed by atoms with van der Waals surface area (Å²) in [5.74, 6) is -9.69. The molecule has 0 spiro atoms. The summed E-state index contributed by atoms with van der Waals surface area (Å²) in [7, 11) is 2.98. The van der Waals surface area contributed by atoms with Crippen molar-refractivity contribution in [3.8, 4) is 5.75 Å². The number of carbonyl (C=O) groups is 4. The molecule has 0 radical (unpaired) electrons. The highest BCUT2D eigenvalue weighted by Gasteiger charge is 2.67. The van der Waals surface area contributed by atoms with E-state index in [1.165, 1.54) is 25.1 Å². The molecule has 1 aromatic rings. The van der Waals surface area contributed by atoms with Gasteiger partial charge in [-0.2, -0.15) is 0 Å². The molecular formula is C24H30N2O11.